The average molecular weight is 408 g/mol. The summed E-state index contributed by atoms with van der Waals surface area (Å²) < 4.78 is 0. The molecule has 0 amide bonds. The summed E-state index contributed by atoms with van der Waals surface area (Å²) in [4.78, 5) is 2.61. The van der Waals surface area contributed by atoms with Crippen LogP contribution in [0.1, 0.15) is 89.0 Å². The van der Waals surface area contributed by atoms with E-state index in [4.69, 9.17) is 0 Å². The normalized spacial score (nSPS) is 16.5. The van der Waals surface area contributed by atoms with Crippen molar-refractivity contribution in [2.75, 3.05) is 19.6 Å². The van der Waals surface area contributed by atoms with Crippen LogP contribution in [0.15, 0.2) is 42.5 Å². The maximum absolute atomic E-state index is 4.50. The summed E-state index contributed by atoms with van der Waals surface area (Å²) in [5.41, 5.74) is 8.56. The Kier molecular flexibility index (Phi) is 10.6. The molecule has 1 heterocycles. The van der Waals surface area contributed by atoms with Crippen molar-refractivity contribution >= 4 is 5.57 Å². The minimum Gasteiger partial charge on any atom is -0.299 e. The monoisotopic (exact) mass is 407 g/mol. The number of allylic oxidation sites excluding steroid dienone is 3. The number of hydrogen-bond donors (Lipinski definition) is 0. The van der Waals surface area contributed by atoms with E-state index in [9.17, 15) is 0 Å². The molecule has 0 atom stereocenters. The maximum atomic E-state index is 4.50. The van der Waals surface area contributed by atoms with Crippen molar-refractivity contribution in [3.63, 3.8) is 0 Å². The second-order valence-electron chi connectivity index (χ2n) is 9.23. The van der Waals surface area contributed by atoms with E-state index in [-0.39, 0.29) is 0 Å². The van der Waals surface area contributed by atoms with Crippen LogP contribution in [0.3, 0.4) is 0 Å². The summed E-state index contributed by atoms with van der Waals surface area (Å²) >= 11 is 0. The second-order valence-corrected chi connectivity index (χ2v) is 9.23. The quantitative estimate of drug-likeness (QED) is 0.338. The van der Waals surface area contributed by atoms with Crippen LogP contribution < -0.4 is 0 Å². The zero-order valence-corrected chi connectivity index (χ0v) is 20.4. The molecule has 0 bridgehead atoms. The molecule has 0 unspecified atom stereocenters. The van der Waals surface area contributed by atoms with Gasteiger partial charge in [0.05, 0.1) is 0 Å². The Morgan fingerprint density at radius 2 is 1.57 bits per heavy atom. The molecule has 166 valence electrons. The highest BCUT2D eigenvalue weighted by atomic mass is 15.1. The van der Waals surface area contributed by atoms with Crippen molar-refractivity contribution in [2.24, 2.45) is 5.92 Å². The van der Waals surface area contributed by atoms with E-state index in [0.29, 0.717) is 0 Å². The van der Waals surface area contributed by atoms with E-state index >= 15 is 0 Å². The Labute approximate surface area is 187 Å². The molecule has 1 saturated heterocycles. The third kappa shape index (κ3) is 7.27. The third-order valence-corrected chi connectivity index (χ3v) is 6.37. The Hall–Kier alpha value is -1.60. The van der Waals surface area contributed by atoms with E-state index in [2.05, 4.69) is 76.5 Å². The molecule has 1 aliphatic rings. The Bertz CT molecular complexity index is 702. The fraction of sp³-hybridized carbons (Fsp3) is 0.586. The molecule has 30 heavy (non-hydrogen) atoms. The highest BCUT2D eigenvalue weighted by Gasteiger charge is 2.16. The molecule has 1 aromatic carbocycles. The summed E-state index contributed by atoms with van der Waals surface area (Å²) in [6.45, 7) is 19.4. The van der Waals surface area contributed by atoms with Crippen LogP contribution in [0.5, 0.6) is 0 Å². The van der Waals surface area contributed by atoms with Crippen LogP contribution in [-0.2, 0) is 19.3 Å². The molecule has 1 aromatic rings. The van der Waals surface area contributed by atoms with Crippen molar-refractivity contribution in [3.8, 4) is 0 Å². The van der Waals surface area contributed by atoms with Crippen LogP contribution >= 0.6 is 0 Å². The van der Waals surface area contributed by atoms with Gasteiger partial charge in [-0.1, -0.05) is 83.9 Å². The largest absolute Gasteiger partial charge is 0.299 e. The van der Waals surface area contributed by atoms with Gasteiger partial charge >= 0.3 is 0 Å². The fourth-order valence-electron chi connectivity index (χ4n) is 4.68. The standard InChI is InChI=1S/C29H45N/c1-7-11-25(22-30-17-15-23(5)16-18-30)19-24(6)28-20-26(12-8-2)29(14-10-4)27(21-28)13-9-3/h7,11,19-21,23H,6,8-10,12-18,22H2,1-5H3/b11-7-,25-19+. The lowest BCUT2D eigenvalue weighted by atomic mass is 9.88. The van der Waals surface area contributed by atoms with Gasteiger partial charge in [-0.25, -0.2) is 0 Å². The number of benzene rings is 1. The van der Waals surface area contributed by atoms with Crippen molar-refractivity contribution in [2.45, 2.75) is 86.0 Å². The van der Waals surface area contributed by atoms with Gasteiger partial charge in [-0.3, -0.25) is 4.90 Å². The minimum absolute atomic E-state index is 0.876. The highest BCUT2D eigenvalue weighted by molar-refractivity contribution is 5.74. The van der Waals surface area contributed by atoms with Crippen molar-refractivity contribution in [1.29, 1.82) is 0 Å². The molecule has 0 radical (unpaired) electrons. The van der Waals surface area contributed by atoms with E-state index < -0.39 is 0 Å². The molecular weight excluding hydrogens is 362 g/mol. The summed E-state index contributed by atoms with van der Waals surface area (Å²) in [5.74, 6) is 0.876. The SMILES string of the molecule is C=C(/C=C(\C=C/C)CN1CCC(C)CC1)c1cc(CCC)c(CCC)c(CCC)c1. The molecule has 0 spiro atoms. The molecule has 1 heteroatoms. The summed E-state index contributed by atoms with van der Waals surface area (Å²) in [5, 5.41) is 0. The van der Waals surface area contributed by atoms with Crippen LogP contribution in [0, 0.1) is 5.92 Å². The Morgan fingerprint density at radius 1 is 1.00 bits per heavy atom. The summed E-state index contributed by atoms with van der Waals surface area (Å²) in [6.07, 6.45) is 16.6. The summed E-state index contributed by atoms with van der Waals surface area (Å²) in [7, 11) is 0. The number of rotatable bonds is 11. The molecule has 0 N–H and O–H groups in total. The zero-order valence-electron chi connectivity index (χ0n) is 20.4. The number of nitrogens with zero attached hydrogens (tertiary/aromatic N) is 1. The van der Waals surface area contributed by atoms with Gasteiger partial charge in [-0.15, -0.1) is 0 Å². The molecule has 0 saturated carbocycles. The lowest BCUT2D eigenvalue weighted by Gasteiger charge is -2.30. The van der Waals surface area contributed by atoms with Crippen molar-refractivity contribution in [1.82, 2.24) is 4.90 Å². The Balaban J connectivity index is 2.31. The minimum atomic E-state index is 0.876. The highest BCUT2D eigenvalue weighted by Crippen LogP contribution is 2.27. The van der Waals surface area contributed by atoms with Gasteiger partial charge in [0.1, 0.15) is 0 Å². The molecule has 2 rings (SSSR count). The molecule has 0 aliphatic carbocycles. The van der Waals surface area contributed by atoms with E-state index in [1.54, 1.807) is 16.7 Å². The lowest BCUT2D eigenvalue weighted by Crippen LogP contribution is -2.34. The predicted octanol–water partition coefficient (Wildman–Crippen LogP) is 7.79. The number of hydrogen-bond acceptors (Lipinski definition) is 1. The number of likely N-dealkylation sites (tertiary alicyclic amines) is 1. The van der Waals surface area contributed by atoms with Gasteiger partial charge in [0.25, 0.3) is 0 Å². The van der Waals surface area contributed by atoms with Crippen LogP contribution in [0.25, 0.3) is 5.57 Å². The molecule has 0 aromatic heterocycles. The summed E-state index contributed by atoms with van der Waals surface area (Å²) in [6, 6.07) is 4.87. The first-order chi connectivity index (χ1) is 14.5. The van der Waals surface area contributed by atoms with Gasteiger partial charge < -0.3 is 0 Å². The molecule has 1 nitrogen and oxygen atoms in total. The maximum Gasteiger partial charge on any atom is 0.0233 e. The van der Waals surface area contributed by atoms with Crippen molar-refractivity contribution < 1.29 is 0 Å². The predicted molar refractivity (Wildman–Crippen MR) is 135 cm³/mol. The van der Waals surface area contributed by atoms with Gasteiger partial charge in [-0.05, 0) is 91.4 Å². The fourth-order valence-corrected chi connectivity index (χ4v) is 4.68. The first kappa shape index (κ1) is 24.7. The Morgan fingerprint density at radius 3 is 2.07 bits per heavy atom. The number of piperidine rings is 1. The zero-order chi connectivity index (χ0) is 21.9. The van der Waals surface area contributed by atoms with Crippen LogP contribution in [0.2, 0.25) is 0 Å². The topological polar surface area (TPSA) is 3.24 Å². The number of aryl methyl sites for hydroxylation is 2. The lowest BCUT2D eigenvalue weighted by molar-refractivity contribution is 0.207. The van der Waals surface area contributed by atoms with E-state index in [1.807, 2.05) is 0 Å². The average Bonchev–Trinajstić information content (AvgIpc) is 2.72. The molecule has 1 aliphatic heterocycles. The first-order valence-corrected chi connectivity index (χ1v) is 12.4. The molecule has 1 fully saturated rings. The van der Waals surface area contributed by atoms with E-state index in [0.717, 1.165) is 18.0 Å². The van der Waals surface area contributed by atoms with Gasteiger partial charge in [-0.2, -0.15) is 0 Å². The van der Waals surface area contributed by atoms with Crippen LogP contribution in [0.4, 0.5) is 0 Å². The third-order valence-electron chi connectivity index (χ3n) is 6.37. The van der Waals surface area contributed by atoms with Gasteiger partial charge in [0.2, 0.25) is 0 Å². The van der Waals surface area contributed by atoms with Crippen LogP contribution in [-0.4, -0.2) is 24.5 Å². The second kappa shape index (κ2) is 13.0. The van der Waals surface area contributed by atoms with E-state index in [1.165, 1.54) is 75.6 Å². The first-order valence-electron chi connectivity index (χ1n) is 12.4. The van der Waals surface area contributed by atoms with Gasteiger partial charge in [0, 0.05) is 6.54 Å². The smallest absolute Gasteiger partial charge is 0.0233 e. The van der Waals surface area contributed by atoms with Crippen molar-refractivity contribution in [3.05, 3.63) is 64.8 Å². The van der Waals surface area contributed by atoms with Gasteiger partial charge in [0.15, 0.2) is 0 Å². The molecular formula is C29H45N.